The van der Waals surface area contributed by atoms with Gasteiger partial charge in [0.15, 0.2) is 0 Å². The minimum absolute atomic E-state index is 0.200. The molecule has 5 heteroatoms. The summed E-state index contributed by atoms with van der Waals surface area (Å²) in [6.45, 7) is 1.82. The van der Waals surface area contributed by atoms with Crippen molar-refractivity contribution in [1.29, 1.82) is 0 Å². The zero-order valence-electron chi connectivity index (χ0n) is 7.35. The second-order valence-corrected chi connectivity index (χ2v) is 3.42. The minimum atomic E-state index is -2.82. The molecule has 3 nitrogen and oxygen atoms in total. The van der Waals surface area contributed by atoms with Crippen molar-refractivity contribution in [1.82, 2.24) is 0 Å². The molecule has 0 aromatic carbocycles. The standard InChI is InChI=1S/C8H12F2O3/c1-2-13-6(11)3-7(12)4-8(9,10)5-7/h12H,2-5H2,1H3. The summed E-state index contributed by atoms with van der Waals surface area (Å²) in [5.74, 6) is -3.44. The molecule has 0 bridgehead atoms. The van der Waals surface area contributed by atoms with Gasteiger partial charge in [0.2, 0.25) is 0 Å². The first-order chi connectivity index (χ1) is 5.87. The largest absolute Gasteiger partial charge is 0.466 e. The molecule has 0 aromatic rings. The Morgan fingerprint density at radius 2 is 2.08 bits per heavy atom. The number of aliphatic hydroxyl groups is 1. The average molecular weight is 194 g/mol. The highest BCUT2D eigenvalue weighted by atomic mass is 19.3. The number of hydrogen-bond donors (Lipinski definition) is 1. The lowest BCUT2D eigenvalue weighted by molar-refractivity contribution is -0.211. The molecule has 0 spiro atoms. The van der Waals surface area contributed by atoms with Crippen LogP contribution in [0.15, 0.2) is 0 Å². The van der Waals surface area contributed by atoms with Crippen LogP contribution in [0.25, 0.3) is 0 Å². The first-order valence-corrected chi connectivity index (χ1v) is 4.13. The Kier molecular flexibility index (Phi) is 2.56. The lowest BCUT2D eigenvalue weighted by Gasteiger charge is -2.42. The smallest absolute Gasteiger partial charge is 0.308 e. The number of halogens is 2. The van der Waals surface area contributed by atoms with E-state index in [1.54, 1.807) is 6.92 Å². The number of alkyl halides is 2. The summed E-state index contributed by atoms with van der Waals surface area (Å²) in [4.78, 5) is 10.8. The SMILES string of the molecule is CCOC(=O)CC1(O)CC(F)(F)C1. The molecular weight excluding hydrogens is 182 g/mol. The van der Waals surface area contributed by atoms with Gasteiger partial charge in [-0.1, -0.05) is 0 Å². The normalized spacial score (nSPS) is 23.4. The van der Waals surface area contributed by atoms with E-state index in [-0.39, 0.29) is 13.0 Å². The van der Waals surface area contributed by atoms with Crippen LogP contribution in [0, 0.1) is 0 Å². The molecular formula is C8H12F2O3. The first kappa shape index (κ1) is 10.4. The molecule has 0 saturated heterocycles. The van der Waals surface area contributed by atoms with Crippen LogP contribution in [0.5, 0.6) is 0 Å². The molecule has 1 aliphatic carbocycles. The van der Waals surface area contributed by atoms with Gasteiger partial charge in [-0.25, -0.2) is 8.78 Å². The maximum Gasteiger partial charge on any atom is 0.308 e. The Morgan fingerprint density at radius 3 is 2.46 bits per heavy atom. The fourth-order valence-corrected chi connectivity index (χ4v) is 1.52. The van der Waals surface area contributed by atoms with Crippen molar-refractivity contribution in [3.63, 3.8) is 0 Å². The third-order valence-electron chi connectivity index (χ3n) is 1.95. The summed E-state index contributed by atoms with van der Waals surface area (Å²) >= 11 is 0. The van der Waals surface area contributed by atoms with Crippen molar-refractivity contribution >= 4 is 5.97 Å². The molecule has 76 valence electrons. The molecule has 0 aliphatic heterocycles. The third-order valence-corrected chi connectivity index (χ3v) is 1.95. The first-order valence-electron chi connectivity index (χ1n) is 4.13. The summed E-state index contributed by atoms with van der Waals surface area (Å²) in [6.07, 6.45) is -1.62. The molecule has 0 aromatic heterocycles. The summed E-state index contributed by atoms with van der Waals surface area (Å²) < 4.78 is 29.3. The molecule has 0 heterocycles. The van der Waals surface area contributed by atoms with E-state index in [0.717, 1.165) is 0 Å². The van der Waals surface area contributed by atoms with Crippen molar-refractivity contribution in [2.45, 2.75) is 37.7 Å². The fraction of sp³-hybridized carbons (Fsp3) is 0.875. The van der Waals surface area contributed by atoms with Crippen molar-refractivity contribution < 1.29 is 23.4 Å². The number of ether oxygens (including phenoxy) is 1. The molecule has 1 rings (SSSR count). The van der Waals surface area contributed by atoms with Crippen LogP contribution in [-0.4, -0.2) is 29.2 Å². The Labute approximate surface area is 74.7 Å². The van der Waals surface area contributed by atoms with Gasteiger partial charge in [0.1, 0.15) is 0 Å². The summed E-state index contributed by atoms with van der Waals surface area (Å²) in [6, 6.07) is 0. The quantitative estimate of drug-likeness (QED) is 0.684. The molecule has 1 saturated carbocycles. The maximum absolute atomic E-state index is 12.4. The highest BCUT2D eigenvalue weighted by Crippen LogP contribution is 2.47. The third kappa shape index (κ3) is 2.62. The van der Waals surface area contributed by atoms with Crippen molar-refractivity contribution in [2.24, 2.45) is 0 Å². The number of carbonyl (C=O) groups excluding carboxylic acids is 1. The van der Waals surface area contributed by atoms with Gasteiger partial charge in [-0.2, -0.15) is 0 Å². The lowest BCUT2D eigenvalue weighted by atomic mass is 9.74. The number of carbonyl (C=O) groups is 1. The van der Waals surface area contributed by atoms with Crippen LogP contribution < -0.4 is 0 Å². The van der Waals surface area contributed by atoms with Gasteiger partial charge < -0.3 is 9.84 Å². The van der Waals surface area contributed by atoms with Gasteiger partial charge in [-0.3, -0.25) is 4.79 Å². The van der Waals surface area contributed by atoms with E-state index in [2.05, 4.69) is 4.74 Å². The fourth-order valence-electron chi connectivity index (χ4n) is 1.52. The van der Waals surface area contributed by atoms with Crippen LogP contribution in [0.4, 0.5) is 8.78 Å². The highest BCUT2D eigenvalue weighted by molar-refractivity contribution is 5.71. The Balaban J connectivity index is 2.34. The molecule has 0 radical (unpaired) electrons. The average Bonchev–Trinajstić information content (AvgIpc) is 1.80. The number of hydrogen-bond acceptors (Lipinski definition) is 3. The van der Waals surface area contributed by atoms with Crippen molar-refractivity contribution in [3.8, 4) is 0 Å². The van der Waals surface area contributed by atoms with Gasteiger partial charge >= 0.3 is 5.97 Å². The predicted octanol–water partition coefficient (Wildman–Crippen LogP) is 1.10. The molecule has 1 fully saturated rings. The number of esters is 1. The van der Waals surface area contributed by atoms with E-state index in [1.165, 1.54) is 0 Å². The summed E-state index contributed by atoms with van der Waals surface area (Å²) in [7, 11) is 0. The van der Waals surface area contributed by atoms with Gasteiger partial charge in [-0.15, -0.1) is 0 Å². The molecule has 13 heavy (non-hydrogen) atoms. The Bertz CT molecular complexity index is 207. The van der Waals surface area contributed by atoms with Crippen LogP contribution in [0.2, 0.25) is 0 Å². The van der Waals surface area contributed by atoms with E-state index in [1.807, 2.05) is 0 Å². The monoisotopic (exact) mass is 194 g/mol. The van der Waals surface area contributed by atoms with Crippen LogP contribution in [0.3, 0.4) is 0 Å². The Morgan fingerprint density at radius 1 is 1.54 bits per heavy atom. The van der Waals surface area contributed by atoms with E-state index >= 15 is 0 Å². The van der Waals surface area contributed by atoms with Crippen LogP contribution >= 0.6 is 0 Å². The topological polar surface area (TPSA) is 46.5 Å². The summed E-state index contributed by atoms with van der Waals surface area (Å²) in [5.41, 5.74) is -1.55. The van der Waals surface area contributed by atoms with E-state index in [9.17, 15) is 18.7 Å². The Hall–Kier alpha value is -0.710. The van der Waals surface area contributed by atoms with Crippen molar-refractivity contribution in [2.75, 3.05) is 6.61 Å². The summed E-state index contributed by atoms with van der Waals surface area (Å²) in [5, 5.41) is 9.36. The van der Waals surface area contributed by atoms with E-state index < -0.39 is 30.3 Å². The van der Waals surface area contributed by atoms with Crippen LogP contribution in [-0.2, 0) is 9.53 Å². The molecule has 0 amide bonds. The predicted molar refractivity (Wildman–Crippen MR) is 40.4 cm³/mol. The van der Waals surface area contributed by atoms with Crippen molar-refractivity contribution in [3.05, 3.63) is 0 Å². The zero-order valence-corrected chi connectivity index (χ0v) is 7.35. The molecule has 1 N–H and O–H groups in total. The highest BCUT2D eigenvalue weighted by Gasteiger charge is 2.56. The number of rotatable bonds is 3. The lowest BCUT2D eigenvalue weighted by Crippen LogP contribution is -2.52. The van der Waals surface area contributed by atoms with Gasteiger partial charge in [-0.05, 0) is 6.92 Å². The minimum Gasteiger partial charge on any atom is -0.466 e. The zero-order chi connectivity index (χ0) is 10.1. The van der Waals surface area contributed by atoms with Gasteiger partial charge in [0, 0.05) is 12.8 Å². The van der Waals surface area contributed by atoms with Gasteiger partial charge in [0.25, 0.3) is 5.92 Å². The molecule has 0 unspecified atom stereocenters. The molecule has 0 atom stereocenters. The van der Waals surface area contributed by atoms with E-state index in [4.69, 9.17) is 0 Å². The molecule has 1 aliphatic rings. The second-order valence-electron chi connectivity index (χ2n) is 3.42. The second kappa shape index (κ2) is 3.21. The van der Waals surface area contributed by atoms with Gasteiger partial charge in [0.05, 0.1) is 18.6 Å². The van der Waals surface area contributed by atoms with Crippen LogP contribution in [0.1, 0.15) is 26.2 Å². The van der Waals surface area contributed by atoms with E-state index in [0.29, 0.717) is 0 Å². The maximum atomic E-state index is 12.4.